The van der Waals surface area contributed by atoms with Crippen LogP contribution in [0.15, 0.2) is 24.3 Å². The first-order valence-electron chi connectivity index (χ1n) is 15.7. The Labute approximate surface area is 252 Å². The third-order valence-electron chi connectivity index (χ3n) is 9.48. The molecule has 230 valence electrons. The van der Waals surface area contributed by atoms with Gasteiger partial charge in [0.05, 0.1) is 5.60 Å². The maximum absolute atomic E-state index is 13.7. The second kappa shape index (κ2) is 15.4. The van der Waals surface area contributed by atoms with E-state index >= 15 is 0 Å². The van der Waals surface area contributed by atoms with Crippen LogP contribution >= 0.6 is 12.4 Å². The number of hydrogen-bond acceptors (Lipinski definition) is 5. The van der Waals surface area contributed by atoms with Gasteiger partial charge in [-0.25, -0.2) is 0 Å². The van der Waals surface area contributed by atoms with E-state index in [9.17, 15) is 19.5 Å². The maximum atomic E-state index is 13.7. The number of benzene rings is 1. The minimum atomic E-state index is -0.842. The Morgan fingerprint density at radius 1 is 0.976 bits per heavy atom. The average Bonchev–Trinajstić information content (AvgIpc) is 2.97. The number of aryl methyl sites for hydroxylation is 1. The number of piperazine rings is 1. The van der Waals surface area contributed by atoms with Crippen LogP contribution in [-0.2, 0) is 16.0 Å². The van der Waals surface area contributed by atoms with Crippen molar-refractivity contribution >= 4 is 30.1 Å². The Hall–Kier alpha value is -2.16. The van der Waals surface area contributed by atoms with Gasteiger partial charge in [0.1, 0.15) is 11.6 Å². The molecular formula is C32H51ClN4O4. The van der Waals surface area contributed by atoms with Crippen LogP contribution in [0.4, 0.5) is 0 Å². The summed E-state index contributed by atoms with van der Waals surface area (Å²) in [6.07, 6.45) is 12.4. The van der Waals surface area contributed by atoms with Crippen molar-refractivity contribution in [2.24, 2.45) is 0 Å². The van der Waals surface area contributed by atoms with Crippen molar-refractivity contribution in [3.8, 4) is 0 Å². The van der Waals surface area contributed by atoms with Crippen LogP contribution in [0.25, 0.3) is 0 Å². The van der Waals surface area contributed by atoms with E-state index in [2.05, 4.69) is 22.5 Å². The number of aliphatic hydroxyl groups is 1. The number of carbonyl (C=O) groups is 3. The molecule has 1 saturated carbocycles. The van der Waals surface area contributed by atoms with E-state index in [0.717, 1.165) is 77.4 Å². The van der Waals surface area contributed by atoms with Gasteiger partial charge in [-0.15, -0.1) is 12.4 Å². The van der Waals surface area contributed by atoms with Gasteiger partial charge < -0.3 is 25.5 Å². The third kappa shape index (κ3) is 8.23. The van der Waals surface area contributed by atoms with Crippen LogP contribution in [0, 0.1) is 0 Å². The summed E-state index contributed by atoms with van der Waals surface area (Å²) in [5, 5.41) is 16.8. The Bertz CT molecular complexity index is 1000. The van der Waals surface area contributed by atoms with E-state index in [0.29, 0.717) is 44.2 Å². The van der Waals surface area contributed by atoms with Crippen LogP contribution in [0.5, 0.6) is 0 Å². The second-order valence-electron chi connectivity index (χ2n) is 12.3. The average molecular weight is 591 g/mol. The van der Waals surface area contributed by atoms with Gasteiger partial charge in [-0.1, -0.05) is 51.2 Å². The first-order chi connectivity index (χ1) is 19.3. The molecule has 0 unspecified atom stereocenters. The highest BCUT2D eigenvalue weighted by Crippen LogP contribution is 2.37. The van der Waals surface area contributed by atoms with Gasteiger partial charge in [0.2, 0.25) is 11.8 Å². The van der Waals surface area contributed by atoms with Crippen molar-refractivity contribution < 1.29 is 19.5 Å². The summed E-state index contributed by atoms with van der Waals surface area (Å²) in [6.45, 7) is 5.37. The molecule has 0 aromatic heterocycles. The number of piperidine rings is 1. The molecular weight excluding hydrogens is 540 g/mol. The lowest BCUT2D eigenvalue weighted by atomic mass is 9.77. The van der Waals surface area contributed by atoms with Gasteiger partial charge in [-0.2, -0.15) is 0 Å². The molecule has 4 rings (SSSR count). The van der Waals surface area contributed by atoms with Gasteiger partial charge in [0.25, 0.3) is 5.91 Å². The maximum Gasteiger partial charge on any atom is 0.251 e. The highest BCUT2D eigenvalue weighted by Gasteiger charge is 2.54. The number of amides is 3. The van der Waals surface area contributed by atoms with Crippen LogP contribution in [0.1, 0.15) is 106 Å². The Morgan fingerprint density at radius 2 is 1.66 bits per heavy atom. The molecule has 2 saturated heterocycles. The van der Waals surface area contributed by atoms with Gasteiger partial charge in [0.15, 0.2) is 0 Å². The summed E-state index contributed by atoms with van der Waals surface area (Å²) in [7, 11) is 1.64. The first-order valence-corrected chi connectivity index (χ1v) is 15.7. The summed E-state index contributed by atoms with van der Waals surface area (Å²) < 4.78 is 0. The largest absolute Gasteiger partial charge is 0.390 e. The number of nitrogens with one attached hydrogen (secondary N) is 2. The molecule has 1 spiro atoms. The van der Waals surface area contributed by atoms with Crippen molar-refractivity contribution in [1.82, 2.24) is 20.4 Å². The fourth-order valence-corrected chi connectivity index (χ4v) is 6.90. The number of rotatable bonds is 12. The van der Waals surface area contributed by atoms with Crippen LogP contribution < -0.4 is 10.6 Å². The molecule has 3 N–H and O–H groups in total. The number of hydrogen-bond donors (Lipinski definition) is 3. The fourth-order valence-electron chi connectivity index (χ4n) is 6.90. The number of halogens is 1. The van der Waals surface area contributed by atoms with Crippen LogP contribution in [0.3, 0.4) is 0 Å². The monoisotopic (exact) mass is 590 g/mol. The van der Waals surface area contributed by atoms with E-state index in [1.54, 1.807) is 7.05 Å². The lowest BCUT2D eigenvalue weighted by Crippen LogP contribution is -2.73. The van der Waals surface area contributed by atoms with Gasteiger partial charge >= 0.3 is 0 Å². The summed E-state index contributed by atoms with van der Waals surface area (Å²) in [5.74, 6) is -0.0743. The molecule has 41 heavy (non-hydrogen) atoms. The summed E-state index contributed by atoms with van der Waals surface area (Å²) >= 11 is 0. The minimum Gasteiger partial charge on any atom is -0.390 e. The number of unbranched alkanes of at least 4 members (excludes halogenated alkanes) is 3. The SMILES string of the molecule is CCCCN1C(=O)[C@@H](CC2(O)CCCCC2)NC(=O)C12CCN(CCCCCc1ccc(C(=O)NC)cc1)CC2.Cl. The fraction of sp³-hybridized carbons (Fsp3) is 0.719. The van der Waals surface area contributed by atoms with E-state index in [1.807, 2.05) is 29.2 Å². The number of carbonyl (C=O) groups excluding carboxylic acids is 3. The zero-order valence-corrected chi connectivity index (χ0v) is 25.9. The minimum absolute atomic E-state index is 0. The Balaban J connectivity index is 0.00000462. The van der Waals surface area contributed by atoms with E-state index in [-0.39, 0.29) is 30.1 Å². The third-order valence-corrected chi connectivity index (χ3v) is 9.48. The molecule has 1 aromatic carbocycles. The van der Waals surface area contributed by atoms with Gasteiger partial charge in [0, 0.05) is 38.7 Å². The van der Waals surface area contributed by atoms with Crippen molar-refractivity contribution in [3.05, 3.63) is 35.4 Å². The van der Waals surface area contributed by atoms with E-state index in [4.69, 9.17) is 0 Å². The molecule has 9 heteroatoms. The van der Waals surface area contributed by atoms with Crippen LogP contribution in [0.2, 0.25) is 0 Å². The predicted molar refractivity (Wildman–Crippen MR) is 164 cm³/mol. The molecule has 8 nitrogen and oxygen atoms in total. The quantitative estimate of drug-likeness (QED) is 0.316. The zero-order valence-electron chi connectivity index (χ0n) is 25.1. The lowest BCUT2D eigenvalue weighted by Gasteiger charge is -2.52. The normalized spacial score (nSPS) is 22.2. The second-order valence-corrected chi connectivity index (χ2v) is 12.3. The summed E-state index contributed by atoms with van der Waals surface area (Å²) in [4.78, 5) is 43.4. The number of likely N-dealkylation sites (tertiary alicyclic amines) is 1. The number of nitrogens with zero attached hydrogens (tertiary/aromatic N) is 2. The topological polar surface area (TPSA) is 102 Å². The van der Waals surface area contributed by atoms with Crippen molar-refractivity contribution in [2.45, 2.75) is 114 Å². The smallest absolute Gasteiger partial charge is 0.251 e. The summed E-state index contributed by atoms with van der Waals surface area (Å²) in [5.41, 5.74) is 0.343. The Kier molecular flexibility index (Phi) is 12.5. The first kappa shape index (κ1) is 33.3. The molecule has 2 heterocycles. The standard InChI is InChI=1S/C32H50N4O4.ClH/c1-3-4-21-36-29(38)27(24-31(40)16-8-6-9-17-31)34-30(39)32(36)18-22-35(23-19-32)20-10-5-7-11-25-12-14-26(15-13-25)28(37)33-2;/h12-15,27,40H,3-11,16-24H2,1-2H3,(H,33,37)(H,34,39);1H/t27-;/m1./s1. The molecule has 1 aliphatic carbocycles. The molecule has 2 aliphatic heterocycles. The Morgan fingerprint density at radius 3 is 2.29 bits per heavy atom. The molecule has 3 aliphatic rings. The molecule has 0 radical (unpaired) electrons. The van der Waals surface area contributed by atoms with Crippen molar-refractivity contribution in [3.63, 3.8) is 0 Å². The van der Waals surface area contributed by atoms with E-state index in [1.165, 1.54) is 5.56 Å². The molecule has 3 amide bonds. The van der Waals surface area contributed by atoms with Crippen molar-refractivity contribution in [1.29, 1.82) is 0 Å². The van der Waals surface area contributed by atoms with Crippen LogP contribution in [-0.4, -0.2) is 83.0 Å². The summed E-state index contributed by atoms with van der Waals surface area (Å²) in [6, 6.07) is 7.23. The van der Waals surface area contributed by atoms with Gasteiger partial charge in [-0.05, 0) is 75.6 Å². The lowest BCUT2D eigenvalue weighted by molar-refractivity contribution is -0.163. The van der Waals surface area contributed by atoms with E-state index < -0.39 is 17.2 Å². The highest BCUT2D eigenvalue weighted by atomic mass is 35.5. The predicted octanol–water partition coefficient (Wildman–Crippen LogP) is 4.23. The van der Waals surface area contributed by atoms with Gasteiger partial charge in [-0.3, -0.25) is 14.4 Å². The molecule has 1 atom stereocenters. The molecule has 1 aromatic rings. The highest BCUT2D eigenvalue weighted by molar-refractivity contribution is 6.00. The molecule has 0 bridgehead atoms. The van der Waals surface area contributed by atoms with Crippen molar-refractivity contribution in [2.75, 3.05) is 33.2 Å². The molecule has 3 fully saturated rings. The zero-order chi connectivity index (χ0) is 28.6.